The minimum atomic E-state index is 0.189. The number of carbonyl (C=O) groups excluding carboxylic acids is 1. The molecule has 1 aromatic heterocycles. The van der Waals surface area contributed by atoms with E-state index in [4.69, 9.17) is 9.47 Å². The Balaban J connectivity index is 1.68. The average molecular weight is 415 g/mol. The molecule has 0 spiro atoms. The summed E-state index contributed by atoms with van der Waals surface area (Å²) >= 11 is 0. The monoisotopic (exact) mass is 414 g/mol. The molecule has 164 valence electrons. The van der Waals surface area contributed by atoms with Crippen LogP contribution in [0.25, 0.3) is 0 Å². The highest BCUT2D eigenvalue weighted by atomic mass is 16.5. The van der Waals surface area contributed by atoms with Crippen LogP contribution < -0.4 is 4.74 Å². The first-order valence-corrected chi connectivity index (χ1v) is 10.8. The van der Waals surface area contributed by atoms with Crippen molar-refractivity contribution < 1.29 is 14.3 Å². The molecule has 2 heterocycles. The largest absolute Gasteiger partial charge is 0.497 e. The number of benzene rings is 1. The van der Waals surface area contributed by atoms with Gasteiger partial charge in [-0.2, -0.15) is 0 Å². The molecule has 2 aromatic rings. The summed E-state index contributed by atoms with van der Waals surface area (Å²) < 4.78 is 12.9. The van der Waals surface area contributed by atoms with Gasteiger partial charge in [0.2, 0.25) is 5.91 Å². The van der Waals surface area contributed by atoms with Crippen LogP contribution in [0.15, 0.2) is 36.7 Å². The SMILES string of the molecule is COc1cccc(Cn2ccnc2CN(CCN2CCOCC2)C(=O)CC(C)C)c1. The van der Waals surface area contributed by atoms with Crippen molar-refractivity contribution in [3.63, 3.8) is 0 Å². The molecule has 0 saturated carbocycles. The molecule has 0 aliphatic carbocycles. The standard InChI is InChI=1S/C23H34N4O3/c1-19(2)15-23(28)27(10-9-25-11-13-30-14-12-25)18-22-24-7-8-26(22)17-20-5-4-6-21(16-20)29-3/h4-8,16,19H,9-15,17-18H2,1-3H3. The number of amides is 1. The van der Waals surface area contributed by atoms with E-state index in [0.29, 0.717) is 32.0 Å². The maximum Gasteiger partial charge on any atom is 0.223 e. The van der Waals surface area contributed by atoms with Crippen LogP contribution in [0.4, 0.5) is 0 Å². The topological polar surface area (TPSA) is 59.8 Å². The average Bonchev–Trinajstić information content (AvgIpc) is 3.18. The molecule has 1 saturated heterocycles. The minimum Gasteiger partial charge on any atom is -0.497 e. The van der Waals surface area contributed by atoms with Gasteiger partial charge >= 0.3 is 0 Å². The van der Waals surface area contributed by atoms with E-state index in [1.54, 1.807) is 7.11 Å². The summed E-state index contributed by atoms with van der Waals surface area (Å²) in [5, 5.41) is 0. The molecule has 7 nitrogen and oxygen atoms in total. The molecule has 0 bridgehead atoms. The van der Waals surface area contributed by atoms with Gasteiger partial charge < -0.3 is 18.9 Å². The molecule has 1 fully saturated rings. The van der Waals surface area contributed by atoms with E-state index in [-0.39, 0.29) is 5.91 Å². The second-order valence-electron chi connectivity index (χ2n) is 8.19. The number of carbonyl (C=O) groups is 1. The lowest BCUT2D eigenvalue weighted by molar-refractivity contribution is -0.133. The second-order valence-corrected chi connectivity index (χ2v) is 8.19. The van der Waals surface area contributed by atoms with E-state index in [1.165, 1.54) is 0 Å². The molecule has 1 amide bonds. The van der Waals surface area contributed by atoms with Crippen molar-refractivity contribution >= 4 is 5.91 Å². The predicted molar refractivity (Wildman–Crippen MR) is 116 cm³/mol. The van der Waals surface area contributed by atoms with Gasteiger partial charge in [0.1, 0.15) is 11.6 Å². The molecule has 1 aliphatic rings. The lowest BCUT2D eigenvalue weighted by Crippen LogP contribution is -2.43. The van der Waals surface area contributed by atoms with Crippen LogP contribution in [0.1, 0.15) is 31.7 Å². The number of aromatic nitrogens is 2. The van der Waals surface area contributed by atoms with Crippen molar-refractivity contribution in [2.75, 3.05) is 46.5 Å². The molecule has 30 heavy (non-hydrogen) atoms. The van der Waals surface area contributed by atoms with Crippen molar-refractivity contribution in [3.8, 4) is 5.75 Å². The Labute approximate surface area is 179 Å². The van der Waals surface area contributed by atoms with Gasteiger partial charge in [0, 0.05) is 51.5 Å². The van der Waals surface area contributed by atoms with Gasteiger partial charge in [0.05, 0.1) is 26.9 Å². The van der Waals surface area contributed by atoms with Crippen molar-refractivity contribution in [2.45, 2.75) is 33.4 Å². The lowest BCUT2D eigenvalue weighted by Gasteiger charge is -2.30. The number of morpholine rings is 1. The normalized spacial score (nSPS) is 14.8. The molecule has 0 unspecified atom stereocenters. The molecule has 0 radical (unpaired) electrons. The summed E-state index contributed by atoms with van der Waals surface area (Å²) in [6.45, 7) is 10.4. The summed E-state index contributed by atoms with van der Waals surface area (Å²) in [6, 6.07) is 8.04. The first-order valence-electron chi connectivity index (χ1n) is 10.8. The minimum absolute atomic E-state index is 0.189. The van der Waals surface area contributed by atoms with E-state index in [0.717, 1.165) is 50.0 Å². The fourth-order valence-electron chi connectivity index (χ4n) is 3.63. The highest BCUT2D eigenvalue weighted by Crippen LogP contribution is 2.16. The first kappa shape index (κ1) is 22.3. The number of hydrogen-bond acceptors (Lipinski definition) is 5. The third kappa shape index (κ3) is 6.57. The number of rotatable bonds is 10. The van der Waals surface area contributed by atoms with Crippen molar-refractivity contribution in [1.29, 1.82) is 0 Å². The van der Waals surface area contributed by atoms with Crippen molar-refractivity contribution in [1.82, 2.24) is 19.4 Å². The van der Waals surface area contributed by atoms with Gasteiger partial charge in [-0.1, -0.05) is 26.0 Å². The van der Waals surface area contributed by atoms with Gasteiger partial charge in [-0.05, 0) is 23.6 Å². The van der Waals surface area contributed by atoms with Crippen LogP contribution in [0.2, 0.25) is 0 Å². The Morgan fingerprint density at radius 2 is 2.10 bits per heavy atom. The zero-order valence-electron chi connectivity index (χ0n) is 18.4. The number of methoxy groups -OCH3 is 1. The summed E-state index contributed by atoms with van der Waals surface area (Å²) in [5.74, 6) is 2.26. The molecular formula is C23H34N4O3. The van der Waals surface area contributed by atoms with Gasteiger partial charge in [-0.3, -0.25) is 9.69 Å². The Bertz CT molecular complexity index is 799. The van der Waals surface area contributed by atoms with Crippen LogP contribution in [0.5, 0.6) is 5.75 Å². The summed E-state index contributed by atoms with van der Waals surface area (Å²) in [7, 11) is 1.68. The highest BCUT2D eigenvalue weighted by molar-refractivity contribution is 5.76. The fourth-order valence-corrected chi connectivity index (χ4v) is 3.63. The maximum absolute atomic E-state index is 12.9. The van der Waals surface area contributed by atoms with Gasteiger partial charge in [0.15, 0.2) is 0 Å². The van der Waals surface area contributed by atoms with Crippen molar-refractivity contribution in [2.24, 2.45) is 5.92 Å². The fraction of sp³-hybridized carbons (Fsp3) is 0.565. The number of nitrogens with zero attached hydrogens (tertiary/aromatic N) is 4. The van der Waals surface area contributed by atoms with E-state index in [1.807, 2.05) is 35.5 Å². The third-order valence-corrected chi connectivity index (χ3v) is 5.35. The van der Waals surface area contributed by atoms with E-state index >= 15 is 0 Å². The molecule has 3 rings (SSSR count). The lowest BCUT2D eigenvalue weighted by atomic mass is 10.1. The molecule has 0 atom stereocenters. The maximum atomic E-state index is 12.9. The quantitative estimate of drug-likeness (QED) is 0.598. The van der Waals surface area contributed by atoms with Gasteiger partial charge in [0.25, 0.3) is 0 Å². The summed E-state index contributed by atoms with van der Waals surface area (Å²) in [5.41, 5.74) is 1.14. The smallest absolute Gasteiger partial charge is 0.223 e. The molecule has 1 aliphatic heterocycles. The van der Waals surface area contributed by atoms with E-state index in [9.17, 15) is 4.79 Å². The Morgan fingerprint density at radius 3 is 2.83 bits per heavy atom. The third-order valence-electron chi connectivity index (χ3n) is 5.35. The summed E-state index contributed by atoms with van der Waals surface area (Å²) in [4.78, 5) is 21.8. The zero-order chi connectivity index (χ0) is 21.3. The van der Waals surface area contributed by atoms with Crippen LogP contribution in [-0.4, -0.2) is 71.8 Å². The van der Waals surface area contributed by atoms with Gasteiger partial charge in [-0.15, -0.1) is 0 Å². The molecule has 1 aromatic carbocycles. The number of imidazole rings is 1. The highest BCUT2D eigenvalue weighted by Gasteiger charge is 2.20. The molecular weight excluding hydrogens is 380 g/mol. The Morgan fingerprint density at radius 1 is 1.30 bits per heavy atom. The van der Waals surface area contributed by atoms with Crippen LogP contribution in [0.3, 0.4) is 0 Å². The molecule has 0 N–H and O–H groups in total. The Hall–Kier alpha value is -2.38. The van der Waals surface area contributed by atoms with E-state index < -0.39 is 0 Å². The van der Waals surface area contributed by atoms with Crippen LogP contribution in [0, 0.1) is 5.92 Å². The van der Waals surface area contributed by atoms with E-state index in [2.05, 4.69) is 34.4 Å². The second kappa shape index (κ2) is 11.1. The number of ether oxygens (including phenoxy) is 2. The zero-order valence-corrected chi connectivity index (χ0v) is 18.4. The molecule has 7 heteroatoms. The van der Waals surface area contributed by atoms with Crippen molar-refractivity contribution in [3.05, 3.63) is 48.0 Å². The van der Waals surface area contributed by atoms with Gasteiger partial charge in [-0.25, -0.2) is 4.98 Å². The number of hydrogen-bond donors (Lipinski definition) is 0. The Kier molecular flexibility index (Phi) is 8.28. The first-order chi connectivity index (χ1) is 14.5. The van der Waals surface area contributed by atoms with Crippen LogP contribution in [-0.2, 0) is 22.6 Å². The summed E-state index contributed by atoms with van der Waals surface area (Å²) in [6.07, 6.45) is 4.34. The van der Waals surface area contributed by atoms with Crippen LogP contribution >= 0.6 is 0 Å². The predicted octanol–water partition coefficient (Wildman–Crippen LogP) is 2.65.